The third-order valence-electron chi connectivity index (χ3n) is 3.90. The van der Waals surface area contributed by atoms with Crippen LogP contribution in [0.5, 0.6) is 0 Å². The summed E-state index contributed by atoms with van der Waals surface area (Å²) in [5.41, 5.74) is 5.90. The van der Waals surface area contributed by atoms with Crippen molar-refractivity contribution >= 4 is 34.3 Å². The van der Waals surface area contributed by atoms with E-state index in [4.69, 9.17) is 4.74 Å². The normalized spacial score (nSPS) is 14.2. The molecule has 0 aliphatic carbocycles. The predicted molar refractivity (Wildman–Crippen MR) is 102 cm³/mol. The first-order valence-electron chi connectivity index (χ1n) is 8.48. The van der Waals surface area contributed by atoms with E-state index >= 15 is 0 Å². The van der Waals surface area contributed by atoms with Gasteiger partial charge in [0.25, 0.3) is 0 Å². The second-order valence-electron chi connectivity index (χ2n) is 5.78. The van der Waals surface area contributed by atoms with Crippen molar-refractivity contribution in [2.45, 2.75) is 26.2 Å². The van der Waals surface area contributed by atoms with Crippen LogP contribution < -0.4 is 10.3 Å². The zero-order valence-corrected chi connectivity index (χ0v) is 15.1. The van der Waals surface area contributed by atoms with Gasteiger partial charge in [0, 0.05) is 24.2 Å². The van der Waals surface area contributed by atoms with Gasteiger partial charge < -0.3 is 9.64 Å². The van der Waals surface area contributed by atoms with Gasteiger partial charge in [-0.05, 0) is 37.5 Å². The summed E-state index contributed by atoms with van der Waals surface area (Å²) in [6.07, 6.45) is 4.50. The van der Waals surface area contributed by atoms with Gasteiger partial charge in [0.2, 0.25) is 5.13 Å². The van der Waals surface area contributed by atoms with Crippen molar-refractivity contribution in [3.8, 4) is 0 Å². The van der Waals surface area contributed by atoms with Crippen LogP contribution in [-0.4, -0.2) is 36.9 Å². The lowest BCUT2D eigenvalue weighted by Gasteiger charge is -2.17. The maximum absolute atomic E-state index is 11.5. The van der Waals surface area contributed by atoms with Crippen LogP contribution in [0.25, 0.3) is 0 Å². The number of anilines is 2. The van der Waals surface area contributed by atoms with Crippen molar-refractivity contribution in [3.05, 3.63) is 40.9 Å². The Labute approximate surface area is 151 Å². The standard InChI is InChI=1S/C18H22N4O2S/c1-2-24-17(23)11-15-13-25-18(20-15)21-19-12-14-6-5-7-16(10-14)22-8-3-4-9-22/h5-7,10,12-13H,2-4,8-9,11H2,1H3,(H,20,21). The number of hydrogen-bond donors (Lipinski definition) is 1. The summed E-state index contributed by atoms with van der Waals surface area (Å²) in [4.78, 5) is 18.2. The molecule has 0 radical (unpaired) electrons. The molecule has 1 fully saturated rings. The molecule has 1 N–H and O–H groups in total. The summed E-state index contributed by atoms with van der Waals surface area (Å²) in [5.74, 6) is -0.262. The van der Waals surface area contributed by atoms with Crippen molar-refractivity contribution in [2.24, 2.45) is 5.10 Å². The smallest absolute Gasteiger partial charge is 0.311 e. The molecule has 0 spiro atoms. The number of hydrazone groups is 1. The van der Waals surface area contributed by atoms with Crippen molar-refractivity contribution in [1.29, 1.82) is 0 Å². The number of esters is 1. The van der Waals surface area contributed by atoms with Crippen LogP contribution in [0.15, 0.2) is 34.7 Å². The zero-order chi connectivity index (χ0) is 17.5. The van der Waals surface area contributed by atoms with Crippen molar-refractivity contribution in [1.82, 2.24) is 4.98 Å². The molecule has 0 saturated carbocycles. The minimum Gasteiger partial charge on any atom is -0.466 e. The Balaban J connectivity index is 1.55. The molecule has 6 nitrogen and oxygen atoms in total. The average molecular weight is 358 g/mol. The molecular weight excluding hydrogens is 336 g/mol. The number of carbonyl (C=O) groups excluding carboxylic acids is 1. The molecule has 0 unspecified atom stereocenters. The molecule has 1 saturated heterocycles. The van der Waals surface area contributed by atoms with Gasteiger partial charge in [-0.1, -0.05) is 12.1 Å². The molecule has 0 bridgehead atoms. The highest BCUT2D eigenvalue weighted by Crippen LogP contribution is 2.21. The van der Waals surface area contributed by atoms with E-state index in [9.17, 15) is 4.79 Å². The summed E-state index contributed by atoms with van der Waals surface area (Å²) in [6.45, 7) is 4.43. The number of carbonyl (C=O) groups is 1. The van der Waals surface area contributed by atoms with E-state index in [1.54, 1.807) is 13.1 Å². The lowest BCUT2D eigenvalue weighted by Crippen LogP contribution is -2.17. The first-order valence-corrected chi connectivity index (χ1v) is 9.36. The molecule has 1 aromatic carbocycles. The van der Waals surface area contributed by atoms with Gasteiger partial charge in [0.15, 0.2) is 0 Å². The molecule has 2 heterocycles. The fourth-order valence-electron chi connectivity index (χ4n) is 2.74. The number of nitrogens with one attached hydrogen (secondary N) is 1. The highest BCUT2D eigenvalue weighted by atomic mass is 32.1. The van der Waals surface area contributed by atoms with Gasteiger partial charge in [-0.3, -0.25) is 10.2 Å². The molecule has 0 amide bonds. The van der Waals surface area contributed by atoms with Crippen LogP contribution >= 0.6 is 11.3 Å². The first-order chi connectivity index (χ1) is 12.2. The summed E-state index contributed by atoms with van der Waals surface area (Å²) >= 11 is 1.42. The summed E-state index contributed by atoms with van der Waals surface area (Å²) < 4.78 is 4.92. The molecule has 1 aromatic heterocycles. The molecule has 2 aromatic rings. The fourth-order valence-corrected chi connectivity index (χ4v) is 3.40. The maximum Gasteiger partial charge on any atom is 0.311 e. The van der Waals surface area contributed by atoms with E-state index in [0.717, 1.165) is 18.7 Å². The molecule has 1 aliphatic heterocycles. The van der Waals surface area contributed by atoms with Gasteiger partial charge >= 0.3 is 5.97 Å². The second-order valence-corrected chi connectivity index (χ2v) is 6.64. The molecule has 7 heteroatoms. The molecule has 0 atom stereocenters. The number of hydrogen-bond acceptors (Lipinski definition) is 7. The Morgan fingerprint density at radius 1 is 1.44 bits per heavy atom. The minimum absolute atomic E-state index is 0.188. The van der Waals surface area contributed by atoms with Crippen LogP contribution in [0, 0.1) is 0 Å². The van der Waals surface area contributed by atoms with Gasteiger partial charge in [-0.2, -0.15) is 5.10 Å². The topological polar surface area (TPSA) is 66.8 Å². The van der Waals surface area contributed by atoms with Gasteiger partial charge in [-0.25, -0.2) is 4.98 Å². The van der Waals surface area contributed by atoms with Gasteiger partial charge in [0.05, 0.1) is 24.9 Å². The third-order valence-corrected chi connectivity index (χ3v) is 4.69. The molecule has 1 aliphatic rings. The highest BCUT2D eigenvalue weighted by Gasteiger charge is 2.12. The van der Waals surface area contributed by atoms with Gasteiger partial charge in [0.1, 0.15) is 0 Å². The van der Waals surface area contributed by atoms with E-state index in [-0.39, 0.29) is 12.4 Å². The average Bonchev–Trinajstić information content (AvgIpc) is 3.27. The Bertz CT molecular complexity index is 738. The Morgan fingerprint density at radius 3 is 3.08 bits per heavy atom. The number of thiazole rings is 1. The van der Waals surface area contributed by atoms with Crippen LogP contribution in [0.3, 0.4) is 0 Å². The van der Waals surface area contributed by atoms with Crippen molar-refractivity contribution < 1.29 is 9.53 Å². The maximum atomic E-state index is 11.5. The second kappa shape index (κ2) is 8.62. The summed E-state index contributed by atoms with van der Waals surface area (Å²) in [5, 5.41) is 6.74. The minimum atomic E-state index is -0.262. The number of nitrogens with zero attached hydrogens (tertiary/aromatic N) is 3. The van der Waals surface area contributed by atoms with E-state index in [0.29, 0.717) is 17.4 Å². The first kappa shape index (κ1) is 17.4. The van der Waals surface area contributed by atoms with Crippen molar-refractivity contribution in [2.75, 3.05) is 30.0 Å². The number of benzene rings is 1. The molecule has 25 heavy (non-hydrogen) atoms. The van der Waals surface area contributed by atoms with E-state index in [2.05, 4.69) is 38.6 Å². The monoisotopic (exact) mass is 358 g/mol. The van der Waals surface area contributed by atoms with E-state index in [1.165, 1.54) is 29.9 Å². The van der Waals surface area contributed by atoms with Gasteiger partial charge in [-0.15, -0.1) is 11.3 Å². The predicted octanol–water partition coefficient (Wildman–Crippen LogP) is 3.29. The van der Waals surface area contributed by atoms with Crippen LogP contribution in [0.1, 0.15) is 31.0 Å². The van der Waals surface area contributed by atoms with Crippen LogP contribution in [0.4, 0.5) is 10.8 Å². The van der Waals surface area contributed by atoms with E-state index < -0.39 is 0 Å². The molecule has 132 valence electrons. The van der Waals surface area contributed by atoms with E-state index in [1.807, 2.05) is 11.4 Å². The van der Waals surface area contributed by atoms with Crippen LogP contribution in [-0.2, 0) is 16.0 Å². The lowest BCUT2D eigenvalue weighted by molar-refractivity contribution is -0.142. The third kappa shape index (κ3) is 5.03. The van der Waals surface area contributed by atoms with Crippen LogP contribution in [0.2, 0.25) is 0 Å². The largest absolute Gasteiger partial charge is 0.466 e. The summed E-state index contributed by atoms with van der Waals surface area (Å²) in [7, 11) is 0. The Hall–Kier alpha value is -2.41. The molecular formula is C18H22N4O2S. The quantitative estimate of drug-likeness (QED) is 0.467. The Morgan fingerprint density at radius 2 is 2.28 bits per heavy atom. The van der Waals surface area contributed by atoms with Crippen molar-refractivity contribution in [3.63, 3.8) is 0 Å². The lowest BCUT2D eigenvalue weighted by atomic mass is 10.2. The highest BCUT2D eigenvalue weighted by molar-refractivity contribution is 7.13. The fraction of sp³-hybridized carbons (Fsp3) is 0.389. The number of rotatable bonds is 7. The number of aromatic nitrogens is 1. The summed E-state index contributed by atoms with van der Waals surface area (Å²) in [6, 6.07) is 8.36. The zero-order valence-electron chi connectivity index (χ0n) is 14.3. The molecule has 3 rings (SSSR count). The number of ether oxygens (including phenoxy) is 1. The SMILES string of the molecule is CCOC(=O)Cc1csc(NN=Cc2cccc(N3CCCC3)c2)n1. The Kier molecular flexibility index (Phi) is 6.00.